The van der Waals surface area contributed by atoms with Gasteiger partial charge in [0.25, 0.3) is 0 Å². The highest BCUT2D eigenvalue weighted by Gasteiger charge is 2.16. The summed E-state index contributed by atoms with van der Waals surface area (Å²) >= 11 is 0. The van der Waals surface area contributed by atoms with Crippen LogP contribution in [-0.2, 0) is 22.5 Å². The second kappa shape index (κ2) is 7.66. The maximum absolute atomic E-state index is 11.6. The van der Waals surface area contributed by atoms with E-state index < -0.39 is 6.04 Å². The molecule has 0 saturated heterocycles. The SMILES string of the molecule is CCOC(=O)C(N)Cc1cccn1Cc1ccc(OC)cc1. The topological polar surface area (TPSA) is 66.5 Å². The molecule has 0 aliphatic heterocycles. The number of methoxy groups -OCH3 is 1. The van der Waals surface area contributed by atoms with Crippen molar-refractivity contribution in [3.8, 4) is 5.75 Å². The predicted molar refractivity (Wildman–Crippen MR) is 84.8 cm³/mol. The molecular weight excluding hydrogens is 280 g/mol. The molecule has 5 nitrogen and oxygen atoms in total. The fourth-order valence-corrected chi connectivity index (χ4v) is 2.27. The minimum absolute atomic E-state index is 0.347. The van der Waals surface area contributed by atoms with Crippen LogP contribution in [0.5, 0.6) is 5.75 Å². The second-order valence-corrected chi connectivity index (χ2v) is 5.04. The van der Waals surface area contributed by atoms with Crippen LogP contribution < -0.4 is 10.5 Å². The molecule has 5 heteroatoms. The number of carbonyl (C=O) groups excluding carboxylic acids is 1. The highest BCUT2D eigenvalue weighted by Crippen LogP contribution is 2.14. The first-order chi connectivity index (χ1) is 10.6. The number of hydrogen-bond acceptors (Lipinski definition) is 4. The fourth-order valence-electron chi connectivity index (χ4n) is 2.27. The van der Waals surface area contributed by atoms with Gasteiger partial charge >= 0.3 is 5.97 Å². The van der Waals surface area contributed by atoms with Gasteiger partial charge in [-0.2, -0.15) is 0 Å². The fraction of sp³-hybridized carbons (Fsp3) is 0.353. The van der Waals surface area contributed by atoms with Crippen molar-refractivity contribution in [1.29, 1.82) is 0 Å². The highest BCUT2D eigenvalue weighted by molar-refractivity contribution is 5.75. The Morgan fingerprint density at radius 1 is 1.27 bits per heavy atom. The summed E-state index contributed by atoms with van der Waals surface area (Å²) in [6.07, 6.45) is 2.44. The van der Waals surface area contributed by atoms with Gasteiger partial charge in [0.15, 0.2) is 0 Å². The molecule has 0 aliphatic rings. The van der Waals surface area contributed by atoms with Gasteiger partial charge in [-0.3, -0.25) is 4.79 Å². The summed E-state index contributed by atoms with van der Waals surface area (Å²) in [5.41, 5.74) is 8.06. The van der Waals surface area contributed by atoms with Gasteiger partial charge in [-0.25, -0.2) is 0 Å². The quantitative estimate of drug-likeness (QED) is 0.794. The molecule has 1 aromatic carbocycles. The zero-order chi connectivity index (χ0) is 15.9. The summed E-state index contributed by atoms with van der Waals surface area (Å²) in [5, 5.41) is 0. The third-order valence-corrected chi connectivity index (χ3v) is 3.45. The molecular formula is C17H22N2O3. The van der Waals surface area contributed by atoms with Crippen LogP contribution in [0.2, 0.25) is 0 Å². The van der Waals surface area contributed by atoms with E-state index >= 15 is 0 Å². The molecule has 0 aliphatic carbocycles. The van der Waals surface area contributed by atoms with Crippen molar-refractivity contribution in [2.75, 3.05) is 13.7 Å². The Labute approximate surface area is 130 Å². The van der Waals surface area contributed by atoms with Gasteiger partial charge in [0, 0.05) is 24.9 Å². The Morgan fingerprint density at radius 3 is 2.64 bits per heavy atom. The Bertz CT molecular complexity index is 605. The Morgan fingerprint density at radius 2 is 2.00 bits per heavy atom. The Hall–Kier alpha value is -2.27. The monoisotopic (exact) mass is 302 g/mol. The van der Waals surface area contributed by atoms with E-state index in [0.29, 0.717) is 13.0 Å². The number of hydrogen-bond donors (Lipinski definition) is 1. The lowest BCUT2D eigenvalue weighted by atomic mass is 10.1. The van der Waals surface area contributed by atoms with E-state index in [2.05, 4.69) is 4.57 Å². The van der Waals surface area contributed by atoms with Gasteiger partial charge < -0.3 is 19.8 Å². The van der Waals surface area contributed by atoms with Gasteiger partial charge in [0.2, 0.25) is 0 Å². The van der Waals surface area contributed by atoms with Gasteiger partial charge in [-0.05, 0) is 36.8 Å². The van der Waals surface area contributed by atoms with E-state index in [4.69, 9.17) is 15.2 Å². The zero-order valence-electron chi connectivity index (χ0n) is 13.0. The largest absolute Gasteiger partial charge is 0.497 e. The van der Waals surface area contributed by atoms with Crippen LogP contribution in [0.15, 0.2) is 42.6 Å². The molecule has 0 bridgehead atoms. The maximum Gasteiger partial charge on any atom is 0.323 e. The summed E-state index contributed by atoms with van der Waals surface area (Å²) in [5.74, 6) is 0.473. The molecule has 2 aromatic rings. The van der Waals surface area contributed by atoms with Crippen molar-refractivity contribution in [1.82, 2.24) is 4.57 Å². The molecule has 1 aromatic heterocycles. The number of nitrogens with two attached hydrogens (primary N) is 1. The normalized spacial score (nSPS) is 12.0. The second-order valence-electron chi connectivity index (χ2n) is 5.04. The van der Waals surface area contributed by atoms with Crippen molar-refractivity contribution in [3.63, 3.8) is 0 Å². The van der Waals surface area contributed by atoms with Crippen molar-refractivity contribution >= 4 is 5.97 Å². The van der Waals surface area contributed by atoms with Crippen LogP contribution in [-0.4, -0.2) is 30.3 Å². The van der Waals surface area contributed by atoms with Crippen LogP contribution >= 0.6 is 0 Å². The smallest absolute Gasteiger partial charge is 0.323 e. The number of esters is 1. The minimum Gasteiger partial charge on any atom is -0.497 e. The van der Waals surface area contributed by atoms with Gasteiger partial charge in [-0.15, -0.1) is 0 Å². The molecule has 2 rings (SSSR count). The molecule has 0 radical (unpaired) electrons. The lowest BCUT2D eigenvalue weighted by molar-refractivity contribution is -0.144. The van der Waals surface area contributed by atoms with E-state index in [1.807, 2.05) is 42.6 Å². The molecule has 0 amide bonds. The van der Waals surface area contributed by atoms with Gasteiger partial charge in [0.1, 0.15) is 11.8 Å². The Balaban J connectivity index is 2.03. The first-order valence-electron chi connectivity index (χ1n) is 7.33. The van der Waals surface area contributed by atoms with E-state index in [1.54, 1.807) is 14.0 Å². The molecule has 1 atom stereocenters. The number of ether oxygens (including phenoxy) is 2. The Kier molecular flexibility index (Phi) is 5.61. The summed E-state index contributed by atoms with van der Waals surface area (Å²) in [4.78, 5) is 11.6. The lowest BCUT2D eigenvalue weighted by Crippen LogP contribution is -2.35. The summed E-state index contributed by atoms with van der Waals surface area (Å²) in [6, 6.07) is 11.2. The summed E-state index contributed by atoms with van der Waals surface area (Å²) in [7, 11) is 1.65. The van der Waals surface area contributed by atoms with Crippen molar-refractivity contribution in [2.45, 2.75) is 25.9 Å². The molecule has 0 spiro atoms. The predicted octanol–water partition coefficient (Wildman–Crippen LogP) is 1.98. The van der Waals surface area contributed by atoms with E-state index in [9.17, 15) is 4.79 Å². The first kappa shape index (κ1) is 16.1. The highest BCUT2D eigenvalue weighted by atomic mass is 16.5. The van der Waals surface area contributed by atoms with Crippen molar-refractivity contribution in [3.05, 3.63) is 53.9 Å². The zero-order valence-corrected chi connectivity index (χ0v) is 13.0. The first-order valence-corrected chi connectivity index (χ1v) is 7.33. The minimum atomic E-state index is -0.635. The van der Waals surface area contributed by atoms with Crippen LogP contribution in [0.25, 0.3) is 0 Å². The van der Waals surface area contributed by atoms with Crippen molar-refractivity contribution in [2.24, 2.45) is 5.73 Å². The molecule has 1 unspecified atom stereocenters. The molecule has 118 valence electrons. The standard InChI is InChI=1S/C17H22N2O3/c1-3-22-17(20)16(18)11-14-5-4-10-19(14)12-13-6-8-15(21-2)9-7-13/h4-10,16H,3,11-12,18H2,1-2H3. The van der Waals surface area contributed by atoms with Gasteiger partial charge in [0.05, 0.1) is 13.7 Å². The maximum atomic E-state index is 11.6. The number of carbonyl (C=O) groups is 1. The van der Waals surface area contributed by atoms with Crippen molar-refractivity contribution < 1.29 is 14.3 Å². The van der Waals surface area contributed by atoms with Crippen LogP contribution in [0.1, 0.15) is 18.2 Å². The van der Waals surface area contributed by atoms with E-state index in [0.717, 1.165) is 23.6 Å². The molecule has 2 N–H and O–H groups in total. The molecule has 0 saturated carbocycles. The third-order valence-electron chi connectivity index (χ3n) is 3.45. The number of aromatic nitrogens is 1. The summed E-state index contributed by atoms with van der Waals surface area (Å²) < 4.78 is 12.2. The molecule has 1 heterocycles. The summed E-state index contributed by atoms with van der Waals surface area (Å²) in [6.45, 7) is 2.85. The number of benzene rings is 1. The van der Waals surface area contributed by atoms with Crippen LogP contribution in [0.3, 0.4) is 0 Å². The molecule has 22 heavy (non-hydrogen) atoms. The average Bonchev–Trinajstić information content (AvgIpc) is 2.95. The van der Waals surface area contributed by atoms with Gasteiger partial charge in [-0.1, -0.05) is 12.1 Å². The molecule has 0 fully saturated rings. The average molecular weight is 302 g/mol. The lowest BCUT2D eigenvalue weighted by Gasteiger charge is -2.13. The van der Waals surface area contributed by atoms with E-state index in [-0.39, 0.29) is 5.97 Å². The number of rotatable bonds is 7. The van der Waals surface area contributed by atoms with Crippen LogP contribution in [0, 0.1) is 0 Å². The third kappa shape index (κ3) is 4.11. The number of nitrogens with zero attached hydrogens (tertiary/aromatic N) is 1. The van der Waals surface area contributed by atoms with Crippen LogP contribution in [0.4, 0.5) is 0 Å². The van der Waals surface area contributed by atoms with E-state index in [1.165, 1.54) is 0 Å².